The summed E-state index contributed by atoms with van der Waals surface area (Å²) in [6.07, 6.45) is 3.05. The summed E-state index contributed by atoms with van der Waals surface area (Å²) in [6, 6.07) is 10.6. The van der Waals surface area contributed by atoms with Gasteiger partial charge in [-0.2, -0.15) is 0 Å². The number of nitrogens with one attached hydrogen (secondary N) is 2. The Morgan fingerprint density at radius 3 is 2.56 bits per heavy atom. The van der Waals surface area contributed by atoms with Crippen LogP contribution in [0.3, 0.4) is 0 Å². The third kappa shape index (κ3) is 4.44. The quantitative estimate of drug-likeness (QED) is 0.589. The van der Waals surface area contributed by atoms with Gasteiger partial charge < -0.3 is 10.6 Å². The molecule has 1 aliphatic carbocycles. The largest absolute Gasteiger partial charge is 0.359 e. The van der Waals surface area contributed by atoms with E-state index in [4.69, 9.17) is 0 Å². The van der Waals surface area contributed by atoms with Crippen molar-refractivity contribution in [3.8, 4) is 11.1 Å². The molecule has 0 atom stereocenters. The first-order valence-corrected chi connectivity index (χ1v) is 10.5. The fraction of sp³-hybridized carbons (Fsp3) is 0.333. The maximum absolute atomic E-state index is 14.3. The van der Waals surface area contributed by atoms with Crippen molar-refractivity contribution in [1.29, 1.82) is 0 Å². The van der Waals surface area contributed by atoms with E-state index in [0.717, 1.165) is 22.4 Å². The van der Waals surface area contributed by atoms with Gasteiger partial charge in [0.25, 0.3) is 0 Å². The van der Waals surface area contributed by atoms with E-state index < -0.39 is 17.4 Å². The minimum Gasteiger partial charge on any atom is -0.359 e. The van der Waals surface area contributed by atoms with Crippen LogP contribution < -0.4 is 10.6 Å². The molecule has 32 heavy (non-hydrogen) atoms. The smallest absolute Gasteiger partial charge is 0.224 e. The number of hydrogen-bond acceptors (Lipinski definition) is 5. The van der Waals surface area contributed by atoms with Gasteiger partial charge in [-0.1, -0.05) is 24.3 Å². The van der Waals surface area contributed by atoms with Crippen LogP contribution >= 0.6 is 0 Å². The summed E-state index contributed by atoms with van der Waals surface area (Å²) in [7, 11) is 1.61. The number of nitrogens with zero attached hydrogens (tertiary/aromatic N) is 3. The Balaban J connectivity index is 1.48. The van der Waals surface area contributed by atoms with Crippen LogP contribution in [0, 0.1) is 12.7 Å². The normalized spacial score (nSPS) is 19.8. The zero-order valence-corrected chi connectivity index (χ0v) is 18.0. The molecule has 0 saturated heterocycles. The van der Waals surface area contributed by atoms with E-state index in [9.17, 15) is 13.6 Å². The molecule has 8 heteroatoms. The molecule has 0 aliphatic heterocycles. The van der Waals surface area contributed by atoms with Crippen molar-refractivity contribution in [2.75, 3.05) is 18.9 Å². The lowest BCUT2D eigenvalue weighted by Crippen LogP contribution is -2.49. The summed E-state index contributed by atoms with van der Waals surface area (Å²) >= 11 is 0. The van der Waals surface area contributed by atoms with Gasteiger partial charge in [0.2, 0.25) is 11.9 Å². The number of amides is 1. The molecule has 1 fully saturated rings. The molecule has 0 spiro atoms. The van der Waals surface area contributed by atoms with Gasteiger partial charge in [0.1, 0.15) is 12.0 Å². The van der Waals surface area contributed by atoms with Crippen LogP contribution in [-0.4, -0.2) is 40.6 Å². The average molecular weight is 437 g/mol. The summed E-state index contributed by atoms with van der Waals surface area (Å²) in [5.41, 5.74) is 3.09. The lowest BCUT2D eigenvalue weighted by Gasteiger charge is -2.43. The van der Waals surface area contributed by atoms with Gasteiger partial charge >= 0.3 is 0 Å². The lowest BCUT2D eigenvalue weighted by atomic mass is 9.65. The van der Waals surface area contributed by atoms with Crippen LogP contribution in [0.5, 0.6) is 0 Å². The molecule has 2 N–H and O–H groups in total. The minimum atomic E-state index is -0.963. The second kappa shape index (κ2) is 8.98. The summed E-state index contributed by atoms with van der Waals surface area (Å²) in [5.74, 6) is -0.0596. The van der Waals surface area contributed by atoms with Crippen molar-refractivity contribution >= 4 is 11.9 Å². The van der Waals surface area contributed by atoms with Gasteiger partial charge in [-0.25, -0.2) is 18.7 Å². The van der Waals surface area contributed by atoms with Crippen LogP contribution in [0.1, 0.15) is 29.8 Å². The van der Waals surface area contributed by atoms with Crippen molar-refractivity contribution in [1.82, 2.24) is 20.3 Å². The number of rotatable bonds is 7. The Kier molecular flexibility index (Phi) is 6.12. The number of anilines is 1. The van der Waals surface area contributed by atoms with Crippen LogP contribution in [0.4, 0.5) is 14.7 Å². The van der Waals surface area contributed by atoms with Crippen molar-refractivity contribution in [2.45, 2.75) is 37.8 Å². The topological polar surface area (TPSA) is 79.8 Å². The first kappa shape index (κ1) is 21.8. The number of halogens is 2. The molecule has 4 rings (SSSR count). The molecule has 0 unspecified atom stereocenters. The van der Waals surface area contributed by atoms with E-state index in [2.05, 4.69) is 25.6 Å². The molecular formula is C24H25F2N5O. The Hall–Kier alpha value is -3.42. The fourth-order valence-electron chi connectivity index (χ4n) is 4.15. The number of hydrogen-bond donors (Lipinski definition) is 2. The number of alkyl halides is 1. The molecule has 1 aliphatic rings. The van der Waals surface area contributed by atoms with Gasteiger partial charge in [-0.15, -0.1) is 0 Å². The highest BCUT2D eigenvalue weighted by Crippen LogP contribution is 2.45. The standard InChI is InChI=1S/C24H25F2N5O/c1-15-19(17-7-5-16(6-8-17)10-21(32)27-2)13-29-23(31-15)30-14-24(11-18(25)12-24)22-20(26)4-3-9-28-22/h3-9,13,18H,10-12,14H2,1-2H3,(H,27,32)(H,29,30,31). The Morgan fingerprint density at radius 1 is 1.19 bits per heavy atom. The fourth-order valence-corrected chi connectivity index (χ4v) is 4.15. The SMILES string of the molecule is CNC(=O)Cc1ccc(-c2cnc(NCC3(c4ncccc4F)CC(F)C3)nc2C)cc1. The minimum absolute atomic E-state index is 0.0402. The summed E-state index contributed by atoms with van der Waals surface area (Å²) in [5, 5.41) is 5.76. The van der Waals surface area contributed by atoms with Gasteiger partial charge in [-0.3, -0.25) is 9.78 Å². The van der Waals surface area contributed by atoms with E-state index in [0.29, 0.717) is 18.9 Å². The number of aryl methyl sites for hydroxylation is 1. The predicted molar refractivity (Wildman–Crippen MR) is 118 cm³/mol. The Labute approximate surface area is 185 Å². The second-order valence-electron chi connectivity index (χ2n) is 8.21. The van der Waals surface area contributed by atoms with Crippen molar-refractivity contribution in [3.05, 3.63) is 71.6 Å². The molecular weight excluding hydrogens is 412 g/mol. The monoisotopic (exact) mass is 437 g/mol. The Bertz CT molecular complexity index is 1110. The first-order valence-electron chi connectivity index (χ1n) is 10.5. The van der Waals surface area contributed by atoms with Crippen LogP contribution in [0.25, 0.3) is 11.1 Å². The maximum atomic E-state index is 14.3. The molecule has 1 amide bonds. The Morgan fingerprint density at radius 2 is 1.94 bits per heavy atom. The number of carbonyl (C=O) groups excluding carboxylic acids is 1. The molecule has 2 aromatic heterocycles. The number of benzene rings is 1. The first-order chi connectivity index (χ1) is 15.4. The number of aromatic nitrogens is 3. The molecule has 0 radical (unpaired) electrons. The van der Waals surface area contributed by atoms with E-state index in [1.165, 1.54) is 18.3 Å². The van der Waals surface area contributed by atoms with Crippen molar-refractivity contribution < 1.29 is 13.6 Å². The second-order valence-corrected chi connectivity index (χ2v) is 8.21. The zero-order chi connectivity index (χ0) is 22.7. The van der Waals surface area contributed by atoms with Crippen LogP contribution in [-0.2, 0) is 16.6 Å². The molecule has 6 nitrogen and oxygen atoms in total. The van der Waals surface area contributed by atoms with Gasteiger partial charge in [0.15, 0.2) is 0 Å². The maximum Gasteiger partial charge on any atom is 0.224 e. The number of likely N-dealkylation sites (N-methyl/N-ethyl adjacent to an activating group) is 1. The van der Waals surface area contributed by atoms with E-state index in [1.807, 2.05) is 31.2 Å². The van der Waals surface area contributed by atoms with Gasteiger partial charge in [0.05, 0.1) is 17.8 Å². The highest BCUT2D eigenvalue weighted by Gasteiger charge is 2.48. The molecule has 0 bridgehead atoms. The lowest BCUT2D eigenvalue weighted by molar-refractivity contribution is -0.119. The van der Waals surface area contributed by atoms with Crippen molar-refractivity contribution in [2.24, 2.45) is 0 Å². The third-order valence-electron chi connectivity index (χ3n) is 5.96. The van der Waals surface area contributed by atoms with E-state index in [-0.39, 0.29) is 24.4 Å². The summed E-state index contributed by atoms with van der Waals surface area (Å²) in [6.45, 7) is 2.18. The molecule has 1 saturated carbocycles. The van der Waals surface area contributed by atoms with Crippen LogP contribution in [0.2, 0.25) is 0 Å². The highest BCUT2D eigenvalue weighted by atomic mass is 19.1. The van der Waals surface area contributed by atoms with Gasteiger partial charge in [-0.05, 0) is 43.0 Å². The van der Waals surface area contributed by atoms with E-state index in [1.54, 1.807) is 13.2 Å². The molecule has 1 aromatic carbocycles. The molecule has 3 aromatic rings. The van der Waals surface area contributed by atoms with Gasteiger partial charge in [0, 0.05) is 37.0 Å². The zero-order valence-electron chi connectivity index (χ0n) is 18.0. The van der Waals surface area contributed by atoms with Crippen LogP contribution in [0.15, 0.2) is 48.8 Å². The number of pyridine rings is 1. The number of carbonyl (C=O) groups is 1. The van der Waals surface area contributed by atoms with E-state index >= 15 is 0 Å². The summed E-state index contributed by atoms with van der Waals surface area (Å²) < 4.78 is 28.1. The average Bonchev–Trinajstić information content (AvgIpc) is 2.77. The summed E-state index contributed by atoms with van der Waals surface area (Å²) in [4.78, 5) is 24.6. The third-order valence-corrected chi connectivity index (χ3v) is 5.96. The molecule has 166 valence electrons. The van der Waals surface area contributed by atoms with Crippen molar-refractivity contribution in [3.63, 3.8) is 0 Å². The molecule has 2 heterocycles. The predicted octanol–water partition coefficient (Wildman–Crippen LogP) is 3.76. The highest BCUT2D eigenvalue weighted by molar-refractivity contribution is 5.78.